The Kier molecular flexibility index (Phi) is 4.10. The van der Waals surface area contributed by atoms with Crippen LogP contribution in [0.2, 0.25) is 0 Å². The molecule has 106 valence electrons. The zero-order valence-corrected chi connectivity index (χ0v) is 11.4. The molecule has 0 spiro atoms. The highest BCUT2D eigenvalue weighted by atomic mass is 16.5. The molecule has 2 rings (SSSR count). The zero-order chi connectivity index (χ0) is 14.7. The Bertz CT molecular complexity index is 639. The summed E-state index contributed by atoms with van der Waals surface area (Å²) in [7, 11) is 3.12. The first-order chi connectivity index (χ1) is 9.58. The van der Waals surface area contributed by atoms with Crippen molar-refractivity contribution in [3.05, 3.63) is 35.9 Å². The molecule has 2 aromatic carbocycles. The van der Waals surface area contributed by atoms with Crippen molar-refractivity contribution in [2.45, 2.75) is 12.5 Å². The van der Waals surface area contributed by atoms with Gasteiger partial charge in [-0.2, -0.15) is 0 Å². The number of nitrogens with two attached hydrogens (primary N) is 1. The van der Waals surface area contributed by atoms with Gasteiger partial charge >= 0.3 is 5.97 Å². The summed E-state index contributed by atoms with van der Waals surface area (Å²) in [6, 6.07) is 8.70. The number of rotatable bonds is 5. The van der Waals surface area contributed by atoms with Gasteiger partial charge in [0.1, 0.15) is 11.5 Å². The first kappa shape index (κ1) is 14.1. The van der Waals surface area contributed by atoms with Gasteiger partial charge in [-0.05, 0) is 6.07 Å². The highest BCUT2D eigenvalue weighted by Gasteiger charge is 2.20. The van der Waals surface area contributed by atoms with Gasteiger partial charge in [0, 0.05) is 22.4 Å². The summed E-state index contributed by atoms with van der Waals surface area (Å²) < 4.78 is 10.8. The lowest BCUT2D eigenvalue weighted by Crippen LogP contribution is -2.16. The maximum atomic E-state index is 10.8. The molecular weight excluding hydrogens is 258 g/mol. The van der Waals surface area contributed by atoms with Gasteiger partial charge in [0.25, 0.3) is 0 Å². The van der Waals surface area contributed by atoms with E-state index >= 15 is 0 Å². The molecule has 0 fully saturated rings. The zero-order valence-electron chi connectivity index (χ0n) is 11.4. The number of aliphatic carboxylic acids is 1. The van der Waals surface area contributed by atoms with E-state index in [0.717, 1.165) is 10.8 Å². The van der Waals surface area contributed by atoms with E-state index in [0.29, 0.717) is 17.1 Å². The lowest BCUT2D eigenvalue weighted by atomic mass is 9.98. The molecule has 0 aliphatic carbocycles. The molecule has 0 heterocycles. The highest BCUT2D eigenvalue weighted by molar-refractivity contribution is 5.94. The third-order valence-electron chi connectivity index (χ3n) is 3.20. The fraction of sp³-hybridized carbons (Fsp3) is 0.267. The van der Waals surface area contributed by atoms with Crippen molar-refractivity contribution in [3.63, 3.8) is 0 Å². The Morgan fingerprint density at radius 1 is 1.25 bits per heavy atom. The van der Waals surface area contributed by atoms with Crippen LogP contribution in [-0.4, -0.2) is 25.3 Å². The van der Waals surface area contributed by atoms with Crippen molar-refractivity contribution < 1.29 is 19.4 Å². The first-order valence-electron chi connectivity index (χ1n) is 6.19. The lowest BCUT2D eigenvalue weighted by molar-refractivity contribution is -0.137. The van der Waals surface area contributed by atoms with Crippen LogP contribution in [0.5, 0.6) is 11.5 Å². The topological polar surface area (TPSA) is 81.8 Å². The number of methoxy groups -OCH3 is 2. The third kappa shape index (κ3) is 2.53. The monoisotopic (exact) mass is 275 g/mol. The summed E-state index contributed by atoms with van der Waals surface area (Å²) in [6.07, 6.45) is -0.169. The Hall–Kier alpha value is -2.27. The van der Waals surface area contributed by atoms with E-state index in [1.807, 2.05) is 24.3 Å². The highest BCUT2D eigenvalue weighted by Crippen LogP contribution is 2.39. The molecular formula is C15H17NO4. The molecule has 0 amide bonds. The number of ether oxygens (including phenoxy) is 2. The van der Waals surface area contributed by atoms with Crippen LogP contribution in [0.1, 0.15) is 18.0 Å². The van der Waals surface area contributed by atoms with Gasteiger partial charge in [0.2, 0.25) is 0 Å². The predicted octanol–water partition coefficient (Wildman–Crippen LogP) is 2.33. The Morgan fingerprint density at radius 3 is 2.45 bits per heavy atom. The maximum absolute atomic E-state index is 10.8. The number of hydrogen-bond donors (Lipinski definition) is 2. The number of carboxylic acid groups (broad SMARTS) is 1. The van der Waals surface area contributed by atoms with E-state index in [1.54, 1.807) is 20.3 Å². The molecule has 3 N–H and O–H groups in total. The van der Waals surface area contributed by atoms with Crippen molar-refractivity contribution >= 4 is 16.7 Å². The van der Waals surface area contributed by atoms with E-state index in [-0.39, 0.29) is 6.42 Å². The van der Waals surface area contributed by atoms with E-state index in [9.17, 15) is 4.79 Å². The number of carboxylic acids is 1. The predicted molar refractivity (Wildman–Crippen MR) is 76.2 cm³/mol. The summed E-state index contributed by atoms with van der Waals surface area (Å²) in [5.41, 5.74) is 6.60. The van der Waals surface area contributed by atoms with Crippen molar-refractivity contribution in [1.29, 1.82) is 0 Å². The second-order valence-corrected chi connectivity index (χ2v) is 4.45. The minimum Gasteiger partial charge on any atom is -0.496 e. The van der Waals surface area contributed by atoms with Gasteiger partial charge in [0.15, 0.2) is 0 Å². The van der Waals surface area contributed by atoms with Crippen LogP contribution in [0, 0.1) is 0 Å². The second-order valence-electron chi connectivity index (χ2n) is 4.45. The van der Waals surface area contributed by atoms with Gasteiger partial charge in [-0.25, -0.2) is 0 Å². The molecule has 0 aliphatic rings. The summed E-state index contributed by atoms with van der Waals surface area (Å²) in [6.45, 7) is 0. The van der Waals surface area contributed by atoms with E-state index in [2.05, 4.69) is 0 Å². The van der Waals surface area contributed by atoms with Gasteiger partial charge < -0.3 is 20.3 Å². The largest absolute Gasteiger partial charge is 0.496 e. The Morgan fingerprint density at radius 2 is 1.90 bits per heavy atom. The van der Waals surface area contributed by atoms with Crippen LogP contribution in [-0.2, 0) is 4.79 Å². The molecule has 5 nitrogen and oxygen atoms in total. The number of benzene rings is 2. The number of hydrogen-bond acceptors (Lipinski definition) is 4. The van der Waals surface area contributed by atoms with Crippen molar-refractivity contribution in [2.24, 2.45) is 5.73 Å². The fourth-order valence-electron chi connectivity index (χ4n) is 2.31. The van der Waals surface area contributed by atoms with E-state index < -0.39 is 12.0 Å². The summed E-state index contributed by atoms with van der Waals surface area (Å²) in [5, 5.41) is 10.6. The molecule has 0 radical (unpaired) electrons. The average Bonchev–Trinajstić information content (AvgIpc) is 2.44. The normalized spacial score (nSPS) is 12.2. The van der Waals surface area contributed by atoms with Crippen molar-refractivity contribution in [1.82, 2.24) is 0 Å². The quantitative estimate of drug-likeness (QED) is 0.875. The van der Waals surface area contributed by atoms with Gasteiger partial charge in [-0.1, -0.05) is 24.3 Å². The smallest absolute Gasteiger partial charge is 0.305 e. The summed E-state index contributed by atoms with van der Waals surface area (Å²) >= 11 is 0. The second kappa shape index (κ2) is 5.79. The minimum absolute atomic E-state index is 0.169. The first-order valence-corrected chi connectivity index (χ1v) is 6.19. The van der Waals surface area contributed by atoms with Gasteiger partial charge in [-0.15, -0.1) is 0 Å². The molecule has 1 unspecified atom stereocenters. The average molecular weight is 275 g/mol. The summed E-state index contributed by atoms with van der Waals surface area (Å²) in [4.78, 5) is 10.8. The molecule has 2 aromatic rings. The van der Waals surface area contributed by atoms with Gasteiger partial charge in [0.05, 0.1) is 20.6 Å². The third-order valence-corrected chi connectivity index (χ3v) is 3.20. The number of fused-ring (bicyclic) bond motifs is 1. The van der Waals surface area contributed by atoms with Crippen LogP contribution in [0.25, 0.3) is 10.8 Å². The minimum atomic E-state index is -0.952. The lowest BCUT2D eigenvalue weighted by Gasteiger charge is -2.18. The summed E-state index contributed by atoms with van der Waals surface area (Å²) in [5.74, 6) is 0.291. The van der Waals surface area contributed by atoms with Gasteiger partial charge in [-0.3, -0.25) is 4.79 Å². The Labute approximate surface area is 116 Å². The van der Waals surface area contributed by atoms with E-state index in [1.165, 1.54) is 0 Å². The molecule has 0 aromatic heterocycles. The van der Waals surface area contributed by atoms with Crippen LogP contribution < -0.4 is 15.2 Å². The fourth-order valence-corrected chi connectivity index (χ4v) is 2.31. The van der Waals surface area contributed by atoms with Crippen LogP contribution in [0.3, 0.4) is 0 Å². The molecule has 0 bridgehead atoms. The molecule has 20 heavy (non-hydrogen) atoms. The SMILES string of the molecule is COc1cc(C(N)CC(=O)O)c(OC)c2ccccc12. The van der Waals surface area contributed by atoms with Crippen LogP contribution in [0.15, 0.2) is 30.3 Å². The molecule has 0 aliphatic heterocycles. The molecule has 0 saturated heterocycles. The Balaban J connectivity index is 2.67. The number of carbonyl (C=O) groups is 1. The van der Waals surface area contributed by atoms with Crippen molar-refractivity contribution in [2.75, 3.05) is 14.2 Å². The molecule has 1 atom stereocenters. The van der Waals surface area contributed by atoms with Crippen LogP contribution in [0.4, 0.5) is 0 Å². The maximum Gasteiger partial charge on any atom is 0.305 e. The standard InChI is InChI=1S/C15H17NO4/c1-19-13-7-11(12(16)8-14(17)18)15(20-2)10-6-4-3-5-9(10)13/h3-7,12H,8,16H2,1-2H3,(H,17,18). The molecule has 0 saturated carbocycles. The molecule has 5 heteroatoms. The van der Waals surface area contributed by atoms with Crippen LogP contribution >= 0.6 is 0 Å². The van der Waals surface area contributed by atoms with Crippen molar-refractivity contribution in [3.8, 4) is 11.5 Å². The van der Waals surface area contributed by atoms with E-state index in [4.69, 9.17) is 20.3 Å².